The highest BCUT2D eigenvalue weighted by molar-refractivity contribution is 7.99. The van der Waals surface area contributed by atoms with Crippen LogP contribution in [0.3, 0.4) is 0 Å². The Morgan fingerprint density at radius 1 is 1.43 bits per heavy atom. The van der Waals surface area contributed by atoms with Crippen molar-refractivity contribution in [2.45, 2.75) is 19.0 Å². The van der Waals surface area contributed by atoms with Crippen LogP contribution >= 0.6 is 23.1 Å². The summed E-state index contributed by atoms with van der Waals surface area (Å²) in [6.07, 6.45) is 1.59. The second-order valence-corrected chi connectivity index (χ2v) is 6.99. The summed E-state index contributed by atoms with van der Waals surface area (Å²) in [7, 11) is 1.84. The standard InChI is InChI=1S/C14H15N5O2S2/c1-8-9(2)23-13(15-8)16-11(20)7-22-14-18-17-12(19(14)3)10-5-4-6-21-10/h4-6H,7H2,1-3H3,(H,15,16,20). The van der Waals surface area contributed by atoms with Gasteiger partial charge < -0.3 is 14.3 Å². The first-order chi connectivity index (χ1) is 11.0. The number of furan rings is 1. The van der Waals surface area contributed by atoms with Gasteiger partial charge in [-0.3, -0.25) is 4.79 Å². The minimum atomic E-state index is -0.119. The molecule has 3 rings (SSSR count). The van der Waals surface area contributed by atoms with Gasteiger partial charge in [-0.2, -0.15) is 0 Å². The van der Waals surface area contributed by atoms with E-state index in [2.05, 4.69) is 20.5 Å². The summed E-state index contributed by atoms with van der Waals surface area (Å²) >= 11 is 2.79. The molecular formula is C14H15N5O2S2. The van der Waals surface area contributed by atoms with E-state index in [0.29, 0.717) is 21.9 Å². The summed E-state index contributed by atoms with van der Waals surface area (Å²) < 4.78 is 7.11. The number of hydrogen-bond acceptors (Lipinski definition) is 7. The van der Waals surface area contributed by atoms with Crippen molar-refractivity contribution in [2.24, 2.45) is 7.05 Å². The lowest BCUT2D eigenvalue weighted by atomic mass is 10.4. The molecule has 0 aliphatic heterocycles. The van der Waals surface area contributed by atoms with Gasteiger partial charge in [0.05, 0.1) is 17.7 Å². The van der Waals surface area contributed by atoms with Crippen LogP contribution in [0.15, 0.2) is 28.0 Å². The molecule has 3 heterocycles. The number of aromatic nitrogens is 4. The molecule has 0 saturated heterocycles. The molecule has 0 aliphatic rings. The third-order valence-electron chi connectivity index (χ3n) is 3.18. The molecule has 1 amide bonds. The SMILES string of the molecule is Cc1nc(NC(=O)CSc2nnc(-c3ccco3)n2C)sc1C. The molecule has 3 aromatic heterocycles. The maximum Gasteiger partial charge on any atom is 0.236 e. The number of nitrogens with one attached hydrogen (secondary N) is 1. The Morgan fingerprint density at radius 2 is 2.26 bits per heavy atom. The molecule has 0 aromatic carbocycles. The van der Waals surface area contributed by atoms with Gasteiger partial charge in [0.15, 0.2) is 21.9 Å². The summed E-state index contributed by atoms with van der Waals surface area (Å²) in [5.74, 6) is 1.39. The number of nitrogens with zero attached hydrogens (tertiary/aromatic N) is 4. The zero-order chi connectivity index (χ0) is 16.4. The lowest BCUT2D eigenvalue weighted by Gasteiger charge is -2.02. The summed E-state index contributed by atoms with van der Waals surface area (Å²) in [5.41, 5.74) is 0.939. The van der Waals surface area contributed by atoms with Gasteiger partial charge in [-0.1, -0.05) is 11.8 Å². The van der Waals surface area contributed by atoms with Crippen LogP contribution in [0.5, 0.6) is 0 Å². The zero-order valence-corrected chi connectivity index (χ0v) is 14.5. The van der Waals surface area contributed by atoms with Crippen LogP contribution in [-0.2, 0) is 11.8 Å². The fourth-order valence-electron chi connectivity index (χ4n) is 1.87. The number of rotatable bonds is 5. The number of aryl methyl sites for hydroxylation is 2. The lowest BCUT2D eigenvalue weighted by molar-refractivity contribution is -0.113. The molecule has 0 atom stereocenters. The summed E-state index contributed by atoms with van der Waals surface area (Å²) in [6, 6.07) is 3.61. The number of anilines is 1. The van der Waals surface area contributed by atoms with Crippen molar-refractivity contribution >= 4 is 34.1 Å². The molecule has 1 N–H and O–H groups in total. The van der Waals surface area contributed by atoms with Crippen molar-refractivity contribution < 1.29 is 9.21 Å². The van der Waals surface area contributed by atoms with Gasteiger partial charge in [-0.25, -0.2) is 4.98 Å². The quantitative estimate of drug-likeness (QED) is 0.713. The van der Waals surface area contributed by atoms with Crippen LogP contribution < -0.4 is 5.32 Å². The number of carbonyl (C=O) groups excluding carboxylic acids is 1. The molecule has 120 valence electrons. The normalized spacial score (nSPS) is 10.9. The molecule has 0 radical (unpaired) electrons. The second-order valence-electron chi connectivity index (χ2n) is 4.84. The maximum atomic E-state index is 12.0. The number of hydrogen-bond donors (Lipinski definition) is 1. The van der Waals surface area contributed by atoms with E-state index in [1.807, 2.05) is 27.0 Å². The van der Waals surface area contributed by atoms with E-state index >= 15 is 0 Å². The molecule has 0 spiro atoms. The zero-order valence-electron chi connectivity index (χ0n) is 12.9. The van der Waals surface area contributed by atoms with Crippen LogP contribution in [0, 0.1) is 13.8 Å². The molecule has 0 saturated carbocycles. The van der Waals surface area contributed by atoms with Crippen LogP contribution in [0.4, 0.5) is 5.13 Å². The van der Waals surface area contributed by atoms with Gasteiger partial charge in [0.1, 0.15) is 0 Å². The average molecular weight is 349 g/mol. The van der Waals surface area contributed by atoms with Gasteiger partial charge in [0, 0.05) is 11.9 Å². The highest BCUT2D eigenvalue weighted by Gasteiger charge is 2.15. The smallest absolute Gasteiger partial charge is 0.236 e. The van der Waals surface area contributed by atoms with Crippen molar-refractivity contribution in [3.8, 4) is 11.6 Å². The molecule has 0 aliphatic carbocycles. The summed E-state index contributed by atoms with van der Waals surface area (Å²) in [5, 5.41) is 12.3. The summed E-state index contributed by atoms with van der Waals surface area (Å²) in [4.78, 5) is 17.4. The number of thioether (sulfide) groups is 1. The van der Waals surface area contributed by atoms with Crippen molar-refractivity contribution in [2.75, 3.05) is 11.1 Å². The third kappa shape index (κ3) is 3.45. The van der Waals surface area contributed by atoms with Crippen molar-refractivity contribution in [1.82, 2.24) is 19.7 Å². The average Bonchev–Trinajstić information content (AvgIpc) is 3.20. The minimum absolute atomic E-state index is 0.119. The Kier molecular flexibility index (Phi) is 4.49. The number of amides is 1. The van der Waals surface area contributed by atoms with Crippen LogP contribution in [0.1, 0.15) is 10.6 Å². The Balaban J connectivity index is 1.61. The fourth-order valence-corrected chi connectivity index (χ4v) is 3.41. The van der Waals surface area contributed by atoms with Crippen LogP contribution in [0.2, 0.25) is 0 Å². The predicted molar refractivity (Wildman–Crippen MR) is 89.6 cm³/mol. The molecular weight excluding hydrogens is 334 g/mol. The first-order valence-corrected chi connectivity index (χ1v) is 8.64. The van der Waals surface area contributed by atoms with E-state index in [1.54, 1.807) is 16.9 Å². The Hall–Kier alpha value is -2.13. The maximum absolute atomic E-state index is 12.0. The van der Waals surface area contributed by atoms with Gasteiger partial charge in [0.25, 0.3) is 0 Å². The molecule has 3 aromatic rings. The minimum Gasteiger partial charge on any atom is -0.461 e. The largest absolute Gasteiger partial charge is 0.461 e. The van der Waals surface area contributed by atoms with E-state index in [9.17, 15) is 4.79 Å². The fraction of sp³-hybridized carbons (Fsp3) is 0.286. The van der Waals surface area contributed by atoms with Gasteiger partial charge in [0.2, 0.25) is 5.91 Å². The molecule has 7 nitrogen and oxygen atoms in total. The van der Waals surface area contributed by atoms with Crippen molar-refractivity contribution in [3.63, 3.8) is 0 Å². The van der Waals surface area contributed by atoms with Gasteiger partial charge in [-0.05, 0) is 26.0 Å². The van der Waals surface area contributed by atoms with E-state index in [0.717, 1.165) is 10.6 Å². The van der Waals surface area contributed by atoms with Gasteiger partial charge in [-0.15, -0.1) is 21.5 Å². The first-order valence-electron chi connectivity index (χ1n) is 6.84. The van der Waals surface area contributed by atoms with Gasteiger partial charge >= 0.3 is 0 Å². The molecule has 0 bridgehead atoms. The van der Waals surface area contributed by atoms with E-state index in [-0.39, 0.29) is 11.7 Å². The monoisotopic (exact) mass is 349 g/mol. The lowest BCUT2D eigenvalue weighted by Crippen LogP contribution is -2.14. The molecule has 23 heavy (non-hydrogen) atoms. The topological polar surface area (TPSA) is 85.8 Å². The Morgan fingerprint density at radius 3 is 2.91 bits per heavy atom. The molecule has 0 fully saturated rings. The highest BCUT2D eigenvalue weighted by atomic mass is 32.2. The van der Waals surface area contributed by atoms with Crippen molar-refractivity contribution in [3.05, 3.63) is 29.0 Å². The van der Waals surface area contributed by atoms with E-state index < -0.39 is 0 Å². The highest BCUT2D eigenvalue weighted by Crippen LogP contribution is 2.24. The van der Waals surface area contributed by atoms with Crippen LogP contribution in [0.25, 0.3) is 11.6 Å². The third-order valence-corrected chi connectivity index (χ3v) is 5.19. The second kappa shape index (κ2) is 6.55. The number of thiazole rings is 1. The van der Waals surface area contributed by atoms with Crippen molar-refractivity contribution in [1.29, 1.82) is 0 Å². The van der Waals surface area contributed by atoms with E-state index in [1.165, 1.54) is 23.1 Å². The van der Waals surface area contributed by atoms with E-state index in [4.69, 9.17) is 4.42 Å². The van der Waals surface area contributed by atoms with Crippen LogP contribution in [-0.4, -0.2) is 31.4 Å². The summed E-state index contributed by atoms with van der Waals surface area (Å²) in [6.45, 7) is 3.90. The first kappa shape index (κ1) is 15.8. The Labute approximate surface area is 141 Å². The molecule has 0 unspecified atom stereocenters. The molecule has 9 heteroatoms. The Bertz CT molecular complexity index is 803. The number of carbonyl (C=O) groups is 1. The predicted octanol–water partition coefficient (Wildman–Crippen LogP) is 2.88.